The maximum atomic E-state index is 11.2. The van der Waals surface area contributed by atoms with E-state index in [-0.39, 0.29) is 5.91 Å². The molecule has 1 aromatic carbocycles. The minimum absolute atomic E-state index is 0.0906. The number of hydrogen-bond donors (Lipinski definition) is 2. The van der Waals surface area contributed by atoms with Crippen LogP contribution >= 0.6 is 0 Å². The standard InChI is InChI=1S/C16H26N2O/c1-3-4-6-11-15(14-9-7-5-8-10-14)18-13-12-16(19)17-2/h5,7-10,15,18H,3-4,6,11-13H2,1-2H3,(H,17,19). The van der Waals surface area contributed by atoms with Gasteiger partial charge in [-0.25, -0.2) is 0 Å². The Morgan fingerprint density at radius 3 is 2.58 bits per heavy atom. The molecule has 2 N–H and O–H groups in total. The lowest BCUT2D eigenvalue weighted by atomic mass is 10.0. The van der Waals surface area contributed by atoms with Crippen LogP contribution in [0, 0.1) is 0 Å². The van der Waals surface area contributed by atoms with Crippen molar-refractivity contribution >= 4 is 5.91 Å². The highest BCUT2D eigenvalue weighted by Gasteiger charge is 2.10. The molecule has 1 aromatic rings. The van der Waals surface area contributed by atoms with E-state index in [2.05, 4.69) is 41.8 Å². The zero-order valence-corrected chi connectivity index (χ0v) is 12.1. The van der Waals surface area contributed by atoms with E-state index in [4.69, 9.17) is 0 Å². The van der Waals surface area contributed by atoms with Crippen molar-refractivity contribution in [1.29, 1.82) is 0 Å². The third-order valence-electron chi connectivity index (χ3n) is 3.32. The molecule has 0 heterocycles. The topological polar surface area (TPSA) is 41.1 Å². The lowest BCUT2D eigenvalue weighted by molar-refractivity contribution is -0.120. The van der Waals surface area contributed by atoms with E-state index in [0.717, 1.165) is 13.0 Å². The first kappa shape index (κ1) is 15.7. The molecule has 0 aliphatic carbocycles. The van der Waals surface area contributed by atoms with Gasteiger partial charge in [-0.3, -0.25) is 4.79 Å². The molecular weight excluding hydrogens is 236 g/mol. The maximum Gasteiger partial charge on any atom is 0.221 e. The second-order valence-electron chi connectivity index (χ2n) is 4.84. The first-order chi connectivity index (χ1) is 9.27. The summed E-state index contributed by atoms with van der Waals surface area (Å²) >= 11 is 0. The van der Waals surface area contributed by atoms with E-state index in [1.54, 1.807) is 7.05 Å². The zero-order valence-electron chi connectivity index (χ0n) is 12.1. The summed E-state index contributed by atoms with van der Waals surface area (Å²) in [6.45, 7) is 2.95. The van der Waals surface area contributed by atoms with Crippen molar-refractivity contribution in [2.24, 2.45) is 0 Å². The summed E-state index contributed by atoms with van der Waals surface area (Å²) in [5.41, 5.74) is 1.32. The SMILES string of the molecule is CCCCCC(NCCC(=O)NC)c1ccccc1. The summed E-state index contributed by atoms with van der Waals surface area (Å²) in [6, 6.07) is 10.9. The van der Waals surface area contributed by atoms with E-state index < -0.39 is 0 Å². The summed E-state index contributed by atoms with van der Waals surface area (Å²) in [4.78, 5) is 11.2. The summed E-state index contributed by atoms with van der Waals surface area (Å²) in [6.07, 6.45) is 5.39. The molecule has 0 saturated heterocycles. The summed E-state index contributed by atoms with van der Waals surface area (Å²) in [5, 5.41) is 6.15. The van der Waals surface area contributed by atoms with E-state index in [1.807, 2.05) is 6.07 Å². The zero-order chi connectivity index (χ0) is 13.9. The number of rotatable bonds is 9. The van der Waals surface area contributed by atoms with Crippen molar-refractivity contribution in [2.45, 2.75) is 45.1 Å². The largest absolute Gasteiger partial charge is 0.359 e. The van der Waals surface area contributed by atoms with Gasteiger partial charge in [0.15, 0.2) is 0 Å². The monoisotopic (exact) mass is 262 g/mol. The van der Waals surface area contributed by atoms with Gasteiger partial charge in [-0.15, -0.1) is 0 Å². The average molecular weight is 262 g/mol. The van der Waals surface area contributed by atoms with Crippen LogP contribution in [0.3, 0.4) is 0 Å². The Balaban J connectivity index is 2.47. The van der Waals surface area contributed by atoms with Crippen molar-refractivity contribution in [3.8, 4) is 0 Å². The molecule has 0 saturated carbocycles. The first-order valence-electron chi connectivity index (χ1n) is 7.26. The van der Waals surface area contributed by atoms with E-state index in [9.17, 15) is 4.79 Å². The van der Waals surface area contributed by atoms with Crippen molar-refractivity contribution in [3.05, 3.63) is 35.9 Å². The number of hydrogen-bond acceptors (Lipinski definition) is 2. The quantitative estimate of drug-likeness (QED) is 0.672. The van der Waals surface area contributed by atoms with Crippen LogP contribution in [0.25, 0.3) is 0 Å². The highest BCUT2D eigenvalue weighted by atomic mass is 16.1. The Bertz CT molecular complexity index is 351. The third-order valence-corrected chi connectivity index (χ3v) is 3.32. The fourth-order valence-corrected chi connectivity index (χ4v) is 2.16. The van der Waals surface area contributed by atoms with Gasteiger partial charge in [0.05, 0.1) is 0 Å². The predicted octanol–water partition coefficient (Wildman–Crippen LogP) is 3.03. The third kappa shape index (κ3) is 6.39. The van der Waals surface area contributed by atoms with Gasteiger partial charge in [-0.1, -0.05) is 56.5 Å². The molecule has 0 aliphatic heterocycles. The average Bonchev–Trinajstić information content (AvgIpc) is 2.46. The van der Waals surface area contributed by atoms with Gasteiger partial charge in [-0.2, -0.15) is 0 Å². The van der Waals surface area contributed by atoms with Gasteiger partial charge in [-0.05, 0) is 12.0 Å². The molecule has 1 atom stereocenters. The number of nitrogens with one attached hydrogen (secondary N) is 2. The Morgan fingerprint density at radius 2 is 1.95 bits per heavy atom. The summed E-state index contributed by atoms with van der Waals surface area (Å²) < 4.78 is 0. The van der Waals surface area contributed by atoms with Crippen molar-refractivity contribution < 1.29 is 4.79 Å². The van der Waals surface area contributed by atoms with E-state index in [0.29, 0.717) is 12.5 Å². The predicted molar refractivity (Wildman–Crippen MR) is 80.0 cm³/mol. The Morgan fingerprint density at radius 1 is 1.21 bits per heavy atom. The molecule has 1 rings (SSSR count). The summed E-state index contributed by atoms with van der Waals surface area (Å²) in [5.74, 6) is 0.0906. The second kappa shape index (κ2) is 9.56. The lowest BCUT2D eigenvalue weighted by Crippen LogP contribution is -2.27. The Kier molecular flexibility index (Phi) is 7.91. The highest BCUT2D eigenvalue weighted by Crippen LogP contribution is 2.19. The molecule has 0 fully saturated rings. The number of carbonyl (C=O) groups excluding carboxylic acids is 1. The van der Waals surface area contributed by atoms with Gasteiger partial charge >= 0.3 is 0 Å². The molecule has 0 radical (unpaired) electrons. The first-order valence-corrected chi connectivity index (χ1v) is 7.26. The molecule has 3 heteroatoms. The number of amides is 1. The summed E-state index contributed by atoms with van der Waals surface area (Å²) in [7, 11) is 1.68. The van der Waals surface area contributed by atoms with Crippen LogP contribution in [0.15, 0.2) is 30.3 Å². The molecule has 1 unspecified atom stereocenters. The molecule has 0 spiro atoms. The fraction of sp³-hybridized carbons (Fsp3) is 0.562. The van der Waals surface area contributed by atoms with Crippen molar-refractivity contribution in [2.75, 3.05) is 13.6 Å². The number of benzene rings is 1. The van der Waals surface area contributed by atoms with Crippen LogP contribution in [0.2, 0.25) is 0 Å². The van der Waals surface area contributed by atoms with Gasteiger partial charge in [0.1, 0.15) is 0 Å². The van der Waals surface area contributed by atoms with Crippen LogP contribution in [-0.4, -0.2) is 19.5 Å². The number of unbranched alkanes of at least 4 members (excludes halogenated alkanes) is 2. The second-order valence-corrected chi connectivity index (χ2v) is 4.84. The minimum atomic E-state index is 0.0906. The maximum absolute atomic E-state index is 11.2. The molecule has 1 amide bonds. The van der Waals surface area contributed by atoms with Crippen molar-refractivity contribution in [1.82, 2.24) is 10.6 Å². The van der Waals surface area contributed by atoms with E-state index >= 15 is 0 Å². The molecule has 19 heavy (non-hydrogen) atoms. The van der Waals surface area contributed by atoms with E-state index in [1.165, 1.54) is 24.8 Å². The molecule has 0 aromatic heterocycles. The smallest absolute Gasteiger partial charge is 0.221 e. The van der Waals surface area contributed by atoms with Gasteiger partial charge in [0.25, 0.3) is 0 Å². The molecule has 0 bridgehead atoms. The number of carbonyl (C=O) groups is 1. The molecule has 0 aliphatic rings. The molecule has 3 nitrogen and oxygen atoms in total. The van der Waals surface area contributed by atoms with Crippen LogP contribution in [0.5, 0.6) is 0 Å². The van der Waals surface area contributed by atoms with Gasteiger partial charge in [0.2, 0.25) is 5.91 Å². The minimum Gasteiger partial charge on any atom is -0.359 e. The molecule has 106 valence electrons. The Hall–Kier alpha value is -1.35. The Labute approximate surface area is 116 Å². The highest BCUT2D eigenvalue weighted by molar-refractivity contribution is 5.75. The van der Waals surface area contributed by atoms with Gasteiger partial charge in [0, 0.05) is 26.1 Å². The van der Waals surface area contributed by atoms with Crippen LogP contribution in [0.1, 0.15) is 50.6 Å². The fourth-order valence-electron chi connectivity index (χ4n) is 2.16. The van der Waals surface area contributed by atoms with Crippen LogP contribution < -0.4 is 10.6 Å². The van der Waals surface area contributed by atoms with Crippen LogP contribution in [-0.2, 0) is 4.79 Å². The molecular formula is C16H26N2O. The normalized spacial score (nSPS) is 12.1. The van der Waals surface area contributed by atoms with Crippen molar-refractivity contribution in [3.63, 3.8) is 0 Å². The lowest BCUT2D eigenvalue weighted by Gasteiger charge is -2.19. The van der Waals surface area contributed by atoms with Crippen LogP contribution in [0.4, 0.5) is 0 Å². The van der Waals surface area contributed by atoms with Gasteiger partial charge < -0.3 is 10.6 Å².